The molecule has 3 rings (SSSR count). The van der Waals surface area contributed by atoms with E-state index in [4.69, 9.17) is 0 Å². The Morgan fingerprint density at radius 3 is 2.81 bits per heavy atom. The molecule has 2 aromatic rings. The van der Waals surface area contributed by atoms with Crippen molar-refractivity contribution in [2.24, 2.45) is 0 Å². The summed E-state index contributed by atoms with van der Waals surface area (Å²) >= 11 is 1.73. The normalized spacial score (nSPS) is 18.9. The molecule has 0 radical (unpaired) electrons. The number of rotatable bonds is 2. The van der Waals surface area contributed by atoms with Gasteiger partial charge in [-0.15, -0.1) is 11.8 Å². The van der Waals surface area contributed by atoms with Crippen LogP contribution in [-0.4, -0.2) is 25.2 Å². The largest absolute Gasteiger partial charge is 0.265 e. The minimum atomic E-state index is -3.56. The molecule has 0 saturated carbocycles. The Labute approximate surface area is 129 Å². The van der Waals surface area contributed by atoms with Gasteiger partial charge in [-0.3, -0.25) is 9.29 Å². The van der Waals surface area contributed by atoms with Gasteiger partial charge in [-0.2, -0.15) is 0 Å². The SMILES string of the molecule is C[C@H]1CCN(S(=O)(=O)c2cccnc2)c2ccccc2S1. The van der Waals surface area contributed by atoms with Gasteiger partial charge in [-0.05, 0) is 30.7 Å². The standard InChI is InChI=1S/C15H16N2O2S2/c1-12-8-10-17(14-6-2-3-7-15(14)20-12)21(18,19)13-5-4-9-16-11-13/h2-7,9,11-12H,8,10H2,1H3/t12-/m0/s1. The van der Waals surface area contributed by atoms with Gasteiger partial charge >= 0.3 is 0 Å². The molecule has 2 heterocycles. The number of anilines is 1. The summed E-state index contributed by atoms with van der Waals surface area (Å²) in [5, 5.41) is 0.389. The van der Waals surface area contributed by atoms with Crippen LogP contribution in [-0.2, 0) is 10.0 Å². The summed E-state index contributed by atoms with van der Waals surface area (Å²) in [6, 6.07) is 10.9. The Morgan fingerprint density at radius 1 is 1.24 bits per heavy atom. The van der Waals surface area contributed by atoms with Crippen molar-refractivity contribution in [2.75, 3.05) is 10.8 Å². The van der Waals surface area contributed by atoms with Crippen molar-refractivity contribution >= 4 is 27.5 Å². The van der Waals surface area contributed by atoms with Crippen LogP contribution >= 0.6 is 11.8 Å². The molecule has 1 aromatic heterocycles. The molecule has 0 bridgehead atoms. The number of sulfonamides is 1. The first-order chi connectivity index (χ1) is 10.1. The molecule has 110 valence electrons. The zero-order valence-electron chi connectivity index (χ0n) is 11.6. The van der Waals surface area contributed by atoms with Crippen molar-refractivity contribution in [3.8, 4) is 0 Å². The second kappa shape index (κ2) is 5.69. The molecule has 0 fully saturated rings. The average Bonchev–Trinajstić information content (AvgIpc) is 2.66. The number of fused-ring (bicyclic) bond motifs is 1. The molecule has 0 N–H and O–H groups in total. The van der Waals surface area contributed by atoms with Crippen molar-refractivity contribution in [3.05, 3.63) is 48.8 Å². The Morgan fingerprint density at radius 2 is 2.05 bits per heavy atom. The van der Waals surface area contributed by atoms with Crippen LogP contribution in [0.2, 0.25) is 0 Å². The third-order valence-corrected chi connectivity index (χ3v) is 6.46. The highest BCUT2D eigenvalue weighted by atomic mass is 32.2. The van der Waals surface area contributed by atoms with Crippen molar-refractivity contribution in [1.82, 2.24) is 4.98 Å². The lowest BCUT2D eigenvalue weighted by atomic mass is 10.3. The number of hydrogen-bond donors (Lipinski definition) is 0. The van der Waals surface area contributed by atoms with Gasteiger partial charge in [0, 0.05) is 29.1 Å². The van der Waals surface area contributed by atoms with Crippen molar-refractivity contribution in [1.29, 1.82) is 0 Å². The van der Waals surface area contributed by atoms with E-state index >= 15 is 0 Å². The fourth-order valence-electron chi connectivity index (χ4n) is 2.33. The van der Waals surface area contributed by atoms with Crippen LogP contribution in [0.4, 0.5) is 5.69 Å². The summed E-state index contributed by atoms with van der Waals surface area (Å²) in [5.74, 6) is 0. The molecular formula is C15H16N2O2S2. The van der Waals surface area contributed by atoms with Crippen LogP contribution in [0.1, 0.15) is 13.3 Å². The minimum absolute atomic E-state index is 0.236. The number of thioether (sulfide) groups is 1. The Hall–Kier alpha value is -1.53. The minimum Gasteiger partial charge on any atom is -0.265 e. The third kappa shape index (κ3) is 2.78. The number of hydrogen-bond acceptors (Lipinski definition) is 4. The monoisotopic (exact) mass is 320 g/mol. The number of nitrogens with zero attached hydrogens (tertiary/aromatic N) is 2. The molecule has 0 amide bonds. The van der Waals surface area contributed by atoms with Gasteiger partial charge < -0.3 is 0 Å². The first-order valence-corrected chi connectivity index (χ1v) is 9.09. The molecule has 21 heavy (non-hydrogen) atoms. The molecule has 1 aliphatic heterocycles. The first-order valence-electron chi connectivity index (χ1n) is 6.77. The fourth-order valence-corrected chi connectivity index (χ4v) is 4.97. The maximum Gasteiger partial charge on any atom is 0.265 e. The van der Waals surface area contributed by atoms with Crippen LogP contribution in [0.5, 0.6) is 0 Å². The van der Waals surface area contributed by atoms with Gasteiger partial charge in [0.05, 0.1) is 5.69 Å². The summed E-state index contributed by atoms with van der Waals surface area (Å²) in [6.45, 7) is 2.62. The highest BCUT2D eigenvalue weighted by molar-refractivity contribution is 8.00. The van der Waals surface area contributed by atoms with E-state index in [9.17, 15) is 8.42 Å². The van der Waals surface area contributed by atoms with E-state index in [1.807, 2.05) is 24.3 Å². The Kier molecular flexibility index (Phi) is 3.91. The summed E-state index contributed by atoms with van der Waals surface area (Å²) in [4.78, 5) is 5.17. The fraction of sp³-hybridized carbons (Fsp3) is 0.267. The number of para-hydroxylation sites is 1. The smallest absolute Gasteiger partial charge is 0.265 e. The highest BCUT2D eigenvalue weighted by Gasteiger charge is 2.29. The number of pyridine rings is 1. The predicted molar refractivity (Wildman–Crippen MR) is 85.1 cm³/mol. The van der Waals surface area contributed by atoms with Gasteiger partial charge in [0.15, 0.2) is 0 Å². The molecule has 1 atom stereocenters. The maximum atomic E-state index is 12.9. The van der Waals surface area contributed by atoms with Crippen LogP contribution in [0.25, 0.3) is 0 Å². The second-order valence-electron chi connectivity index (χ2n) is 4.95. The van der Waals surface area contributed by atoms with Crippen LogP contribution < -0.4 is 4.31 Å². The van der Waals surface area contributed by atoms with Crippen LogP contribution in [0.15, 0.2) is 58.6 Å². The van der Waals surface area contributed by atoms with Crippen LogP contribution in [0.3, 0.4) is 0 Å². The Bertz CT molecular complexity index is 732. The quantitative estimate of drug-likeness (QED) is 0.853. The van der Waals surface area contributed by atoms with Crippen molar-refractivity contribution in [3.63, 3.8) is 0 Å². The second-order valence-corrected chi connectivity index (χ2v) is 8.29. The maximum absolute atomic E-state index is 12.9. The molecule has 6 heteroatoms. The molecule has 0 saturated heterocycles. The van der Waals surface area contributed by atoms with Crippen molar-refractivity contribution in [2.45, 2.75) is 28.4 Å². The van der Waals surface area contributed by atoms with Crippen LogP contribution in [0, 0.1) is 0 Å². The molecular weight excluding hydrogens is 304 g/mol. The van der Waals surface area contributed by atoms with Gasteiger partial charge in [-0.1, -0.05) is 19.1 Å². The first kappa shape index (κ1) is 14.4. The number of aromatic nitrogens is 1. The molecule has 0 aliphatic carbocycles. The lowest BCUT2D eigenvalue weighted by molar-refractivity contribution is 0.588. The summed E-state index contributed by atoms with van der Waals surface area (Å²) < 4.78 is 27.3. The predicted octanol–water partition coefficient (Wildman–Crippen LogP) is 3.16. The van der Waals surface area contributed by atoms with Gasteiger partial charge in [0.25, 0.3) is 10.0 Å². The topological polar surface area (TPSA) is 50.3 Å². The van der Waals surface area contributed by atoms with E-state index in [0.29, 0.717) is 11.8 Å². The van der Waals surface area contributed by atoms with Gasteiger partial charge in [0.1, 0.15) is 4.90 Å². The van der Waals surface area contributed by atoms with E-state index < -0.39 is 10.0 Å². The molecule has 1 aliphatic rings. The zero-order valence-corrected chi connectivity index (χ0v) is 13.3. The van der Waals surface area contributed by atoms with Crippen molar-refractivity contribution < 1.29 is 8.42 Å². The van der Waals surface area contributed by atoms with E-state index in [1.54, 1.807) is 30.1 Å². The van der Waals surface area contributed by atoms with E-state index in [2.05, 4.69) is 11.9 Å². The zero-order chi connectivity index (χ0) is 14.9. The molecule has 0 spiro atoms. The summed E-state index contributed by atoms with van der Waals surface area (Å²) in [7, 11) is -3.56. The van der Waals surface area contributed by atoms with E-state index in [1.165, 1.54) is 10.5 Å². The summed E-state index contributed by atoms with van der Waals surface area (Å²) in [5.41, 5.74) is 0.760. The molecule has 0 unspecified atom stereocenters. The third-order valence-electron chi connectivity index (χ3n) is 3.42. The molecule has 4 nitrogen and oxygen atoms in total. The van der Waals surface area contributed by atoms with E-state index in [-0.39, 0.29) is 4.90 Å². The lowest BCUT2D eigenvalue weighted by Crippen LogP contribution is -2.32. The Balaban J connectivity index is 2.10. The average molecular weight is 320 g/mol. The number of benzene rings is 1. The van der Waals surface area contributed by atoms with E-state index in [0.717, 1.165) is 17.0 Å². The van der Waals surface area contributed by atoms with Gasteiger partial charge in [-0.25, -0.2) is 8.42 Å². The molecule has 1 aromatic carbocycles. The lowest BCUT2D eigenvalue weighted by Gasteiger charge is -2.23. The highest BCUT2D eigenvalue weighted by Crippen LogP contribution is 2.39. The van der Waals surface area contributed by atoms with Gasteiger partial charge in [0.2, 0.25) is 0 Å². The summed E-state index contributed by atoms with van der Waals surface area (Å²) in [6.07, 6.45) is 3.80.